The highest BCUT2D eigenvalue weighted by molar-refractivity contribution is 5.83. The Hall–Kier alpha value is -0.610. The molecule has 82 valence electrons. The van der Waals surface area contributed by atoms with E-state index >= 15 is 0 Å². The average Bonchev–Trinajstić information content (AvgIpc) is 2.28. The maximum atomic E-state index is 12.0. The smallest absolute Gasteiger partial charge is 0.278 e. The summed E-state index contributed by atoms with van der Waals surface area (Å²) >= 11 is 0. The Labute approximate surface area is 85.1 Å². The first kappa shape index (κ1) is 11.5. The minimum Gasteiger partial charge on any atom is -0.369 e. The number of amides is 1. The van der Waals surface area contributed by atoms with Crippen molar-refractivity contribution in [3.05, 3.63) is 0 Å². The zero-order valence-electron chi connectivity index (χ0n) is 9.21. The lowest BCUT2D eigenvalue weighted by molar-refractivity contribution is -0.215. The highest BCUT2D eigenvalue weighted by atomic mass is 16.7. The van der Waals surface area contributed by atoms with Gasteiger partial charge in [0.15, 0.2) is 0 Å². The first-order valence-electron chi connectivity index (χ1n) is 5.14. The Kier molecular flexibility index (Phi) is 3.89. The van der Waals surface area contributed by atoms with Crippen LogP contribution in [-0.4, -0.2) is 36.8 Å². The van der Waals surface area contributed by atoms with E-state index in [1.165, 1.54) is 5.06 Å². The standard InChI is InChI=1S/C10H19NO3/c1-4-10(2,13-3)9(12)11-7-5-6-8-14-11/h4-8H2,1-3H3. The largest absolute Gasteiger partial charge is 0.369 e. The van der Waals surface area contributed by atoms with Gasteiger partial charge in [0, 0.05) is 13.7 Å². The van der Waals surface area contributed by atoms with Crippen molar-refractivity contribution in [1.29, 1.82) is 0 Å². The van der Waals surface area contributed by atoms with Crippen LogP contribution in [0.4, 0.5) is 0 Å². The number of ether oxygens (including phenoxy) is 1. The van der Waals surface area contributed by atoms with Crippen molar-refractivity contribution in [1.82, 2.24) is 5.06 Å². The molecule has 0 radical (unpaired) electrons. The molecule has 0 saturated carbocycles. The van der Waals surface area contributed by atoms with Gasteiger partial charge in [0.1, 0.15) is 5.60 Å². The molecule has 14 heavy (non-hydrogen) atoms. The molecule has 1 aliphatic rings. The summed E-state index contributed by atoms with van der Waals surface area (Å²) in [5, 5.41) is 1.44. The fourth-order valence-corrected chi connectivity index (χ4v) is 1.40. The monoisotopic (exact) mass is 201 g/mol. The van der Waals surface area contributed by atoms with Crippen molar-refractivity contribution in [2.75, 3.05) is 20.3 Å². The molecular formula is C10H19NO3. The number of hydrogen-bond acceptors (Lipinski definition) is 3. The average molecular weight is 201 g/mol. The van der Waals surface area contributed by atoms with Gasteiger partial charge in [0.25, 0.3) is 5.91 Å². The molecule has 0 aromatic rings. The van der Waals surface area contributed by atoms with Gasteiger partial charge in [-0.05, 0) is 26.2 Å². The maximum absolute atomic E-state index is 12.0. The molecule has 0 spiro atoms. The Morgan fingerprint density at radius 3 is 2.71 bits per heavy atom. The number of hydrogen-bond donors (Lipinski definition) is 0. The summed E-state index contributed by atoms with van der Waals surface area (Å²) in [6, 6.07) is 0. The third kappa shape index (κ3) is 2.25. The van der Waals surface area contributed by atoms with Crippen LogP contribution in [0.2, 0.25) is 0 Å². The van der Waals surface area contributed by atoms with Crippen molar-refractivity contribution >= 4 is 5.91 Å². The molecule has 0 bridgehead atoms. The van der Waals surface area contributed by atoms with Crippen molar-refractivity contribution < 1.29 is 14.4 Å². The Morgan fingerprint density at radius 2 is 2.29 bits per heavy atom. The topological polar surface area (TPSA) is 38.8 Å². The molecule has 1 fully saturated rings. The van der Waals surface area contributed by atoms with Crippen LogP contribution in [0, 0.1) is 0 Å². The zero-order valence-corrected chi connectivity index (χ0v) is 9.21. The molecule has 1 amide bonds. The summed E-state index contributed by atoms with van der Waals surface area (Å²) in [5.74, 6) is -0.0674. The molecule has 1 unspecified atom stereocenters. The van der Waals surface area contributed by atoms with Crippen LogP contribution in [-0.2, 0) is 14.4 Å². The van der Waals surface area contributed by atoms with Crippen LogP contribution in [0.25, 0.3) is 0 Å². The van der Waals surface area contributed by atoms with Gasteiger partial charge >= 0.3 is 0 Å². The van der Waals surface area contributed by atoms with Crippen LogP contribution in [0.5, 0.6) is 0 Å². The molecule has 0 N–H and O–H groups in total. The normalized spacial score (nSPS) is 21.8. The van der Waals surface area contributed by atoms with E-state index in [0.29, 0.717) is 19.6 Å². The summed E-state index contributed by atoms with van der Waals surface area (Å²) in [6.07, 6.45) is 2.69. The number of carbonyl (C=O) groups is 1. The second-order valence-corrected chi connectivity index (χ2v) is 3.74. The fraction of sp³-hybridized carbons (Fsp3) is 0.900. The second-order valence-electron chi connectivity index (χ2n) is 3.74. The predicted molar refractivity (Wildman–Crippen MR) is 52.6 cm³/mol. The summed E-state index contributed by atoms with van der Waals surface area (Å²) in [4.78, 5) is 17.3. The molecule has 1 aliphatic heterocycles. The van der Waals surface area contributed by atoms with Gasteiger partial charge in [0.2, 0.25) is 0 Å². The summed E-state index contributed by atoms with van der Waals surface area (Å²) in [5.41, 5.74) is -0.739. The van der Waals surface area contributed by atoms with Crippen LogP contribution in [0.1, 0.15) is 33.1 Å². The predicted octanol–water partition coefficient (Wildman–Crippen LogP) is 1.36. The zero-order chi connectivity index (χ0) is 10.6. The third-order valence-corrected chi connectivity index (χ3v) is 2.81. The van der Waals surface area contributed by atoms with Gasteiger partial charge in [-0.2, -0.15) is 0 Å². The number of hydroxylamine groups is 2. The van der Waals surface area contributed by atoms with Crippen LogP contribution in [0.3, 0.4) is 0 Å². The van der Waals surface area contributed by atoms with E-state index in [-0.39, 0.29) is 5.91 Å². The van der Waals surface area contributed by atoms with E-state index in [2.05, 4.69) is 0 Å². The minimum absolute atomic E-state index is 0.0674. The molecule has 0 aliphatic carbocycles. The van der Waals surface area contributed by atoms with Crippen LogP contribution in [0.15, 0.2) is 0 Å². The Bertz CT molecular complexity index is 196. The third-order valence-electron chi connectivity index (χ3n) is 2.81. The van der Waals surface area contributed by atoms with Crippen molar-refractivity contribution in [3.63, 3.8) is 0 Å². The Balaban J connectivity index is 2.61. The fourth-order valence-electron chi connectivity index (χ4n) is 1.40. The van der Waals surface area contributed by atoms with E-state index in [1.54, 1.807) is 14.0 Å². The van der Waals surface area contributed by atoms with Gasteiger partial charge in [-0.3, -0.25) is 9.63 Å². The van der Waals surface area contributed by atoms with Crippen molar-refractivity contribution in [3.8, 4) is 0 Å². The number of nitrogens with zero attached hydrogens (tertiary/aromatic N) is 1. The maximum Gasteiger partial charge on any atom is 0.278 e. The van der Waals surface area contributed by atoms with Crippen LogP contribution < -0.4 is 0 Å². The Morgan fingerprint density at radius 1 is 1.57 bits per heavy atom. The lowest BCUT2D eigenvalue weighted by atomic mass is 10.0. The highest BCUT2D eigenvalue weighted by Gasteiger charge is 2.36. The lowest BCUT2D eigenvalue weighted by Crippen LogP contribution is -2.49. The SMILES string of the molecule is CCC(C)(OC)C(=O)N1CCCCO1. The molecular weight excluding hydrogens is 182 g/mol. The quantitative estimate of drug-likeness (QED) is 0.692. The van der Waals surface area contributed by atoms with Gasteiger partial charge in [-0.1, -0.05) is 6.92 Å². The van der Waals surface area contributed by atoms with Gasteiger partial charge in [0.05, 0.1) is 6.61 Å². The first-order valence-corrected chi connectivity index (χ1v) is 5.14. The van der Waals surface area contributed by atoms with Gasteiger partial charge in [-0.25, -0.2) is 5.06 Å². The van der Waals surface area contributed by atoms with E-state index < -0.39 is 5.60 Å². The minimum atomic E-state index is -0.739. The first-order chi connectivity index (χ1) is 6.64. The van der Waals surface area contributed by atoms with E-state index in [9.17, 15) is 4.79 Å². The molecule has 1 saturated heterocycles. The van der Waals surface area contributed by atoms with Crippen LogP contribution >= 0.6 is 0 Å². The molecule has 4 heteroatoms. The van der Waals surface area contributed by atoms with Crippen molar-refractivity contribution in [2.24, 2.45) is 0 Å². The number of rotatable bonds is 3. The lowest BCUT2D eigenvalue weighted by Gasteiger charge is -2.33. The van der Waals surface area contributed by atoms with Gasteiger partial charge in [-0.15, -0.1) is 0 Å². The molecule has 1 atom stereocenters. The summed E-state index contributed by atoms with van der Waals surface area (Å²) in [6.45, 7) is 5.05. The van der Waals surface area contributed by atoms with E-state index in [0.717, 1.165) is 12.8 Å². The van der Waals surface area contributed by atoms with Gasteiger partial charge < -0.3 is 4.74 Å². The van der Waals surface area contributed by atoms with E-state index in [4.69, 9.17) is 9.57 Å². The molecule has 1 rings (SSSR count). The molecule has 0 aromatic heterocycles. The molecule has 1 heterocycles. The summed E-state index contributed by atoms with van der Waals surface area (Å²) < 4.78 is 5.23. The highest BCUT2D eigenvalue weighted by Crippen LogP contribution is 2.19. The molecule has 0 aromatic carbocycles. The second kappa shape index (κ2) is 4.75. The van der Waals surface area contributed by atoms with Crippen molar-refractivity contribution in [2.45, 2.75) is 38.7 Å². The number of methoxy groups -OCH3 is 1. The summed E-state index contributed by atoms with van der Waals surface area (Å²) in [7, 11) is 1.56. The van der Waals surface area contributed by atoms with E-state index in [1.807, 2.05) is 6.92 Å². The number of carbonyl (C=O) groups excluding carboxylic acids is 1. The molecule has 4 nitrogen and oxygen atoms in total.